The van der Waals surface area contributed by atoms with E-state index in [2.05, 4.69) is 41.1 Å². The average molecular weight is 426 g/mol. The van der Waals surface area contributed by atoms with Gasteiger partial charge in [-0.1, -0.05) is 33.3 Å². The van der Waals surface area contributed by atoms with Gasteiger partial charge in [-0.25, -0.2) is 0 Å². The highest BCUT2D eigenvalue weighted by Crippen LogP contribution is 2.50. The van der Waals surface area contributed by atoms with Crippen molar-refractivity contribution in [1.82, 2.24) is 0 Å². The number of nitrogens with zero attached hydrogens (tertiary/aromatic N) is 1. The number of methoxy groups -OCH3 is 1. The van der Waals surface area contributed by atoms with Crippen molar-refractivity contribution in [3.05, 3.63) is 33.8 Å². The molecule has 0 aliphatic heterocycles. The maximum Gasteiger partial charge on any atom is 0.144 e. The fraction of sp³-hybridized carbons (Fsp3) is 0.650. The van der Waals surface area contributed by atoms with E-state index in [0.29, 0.717) is 12.0 Å². The quantitative estimate of drug-likeness (QED) is 0.620. The fourth-order valence-corrected chi connectivity index (χ4v) is 5.39. The van der Waals surface area contributed by atoms with E-state index >= 15 is 0 Å². The highest BCUT2D eigenvalue weighted by molar-refractivity contribution is 9.10. The van der Waals surface area contributed by atoms with Gasteiger partial charge in [-0.05, 0) is 70.1 Å². The van der Waals surface area contributed by atoms with Crippen molar-refractivity contribution in [3.8, 4) is 0 Å². The molecule has 1 spiro atoms. The van der Waals surface area contributed by atoms with Gasteiger partial charge in [0, 0.05) is 22.6 Å². The van der Waals surface area contributed by atoms with Gasteiger partial charge in [0.15, 0.2) is 0 Å². The second-order valence-corrected chi connectivity index (χ2v) is 11.4. The largest absolute Gasteiger partial charge is 0.591 e. The van der Waals surface area contributed by atoms with Crippen molar-refractivity contribution >= 4 is 33.0 Å². The highest BCUT2D eigenvalue weighted by Gasteiger charge is 2.49. The highest BCUT2D eigenvalue weighted by atomic mass is 79.9. The van der Waals surface area contributed by atoms with Gasteiger partial charge < -0.3 is 9.29 Å². The van der Waals surface area contributed by atoms with Crippen LogP contribution in [0.5, 0.6) is 0 Å². The van der Waals surface area contributed by atoms with Gasteiger partial charge in [-0.15, -0.1) is 0 Å². The van der Waals surface area contributed by atoms with Crippen LogP contribution in [0.1, 0.15) is 58.1 Å². The Hall–Kier alpha value is -0.360. The molecule has 1 aromatic rings. The average Bonchev–Trinajstić information content (AvgIpc) is 2.80. The standard InChI is InChI=1S/C20H28BrNO2S/c1-13-11-20(9-8-17(13)24-5)12-14-6-7-15(21)10-16(14)18(20)22-25(23)19(2,3)4/h6-7,10,13,17H,8-9,11-12H2,1-5H3/t13-,17-,20-,25?/m0/s1. The Morgan fingerprint density at radius 1 is 1.36 bits per heavy atom. The molecule has 1 unspecified atom stereocenters. The van der Waals surface area contributed by atoms with Crippen LogP contribution in [-0.2, 0) is 22.5 Å². The monoisotopic (exact) mass is 425 g/mol. The molecule has 0 N–H and O–H groups in total. The van der Waals surface area contributed by atoms with Crippen LogP contribution in [-0.4, -0.2) is 28.2 Å². The summed E-state index contributed by atoms with van der Waals surface area (Å²) in [4.78, 5) is 0. The molecule has 0 aromatic heterocycles. The number of halogens is 1. The predicted octanol–water partition coefficient (Wildman–Crippen LogP) is 5.08. The van der Waals surface area contributed by atoms with E-state index in [0.717, 1.165) is 35.9 Å². The molecule has 0 heterocycles. The Morgan fingerprint density at radius 3 is 2.68 bits per heavy atom. The summed E-state index contributed by atoms with van der Waals surface area (Å²) in [6.07, 6.45) is 4.43. The number of fused-ring (bicyclic) bond motifs is 1. The summed E-state index contributed by atoms with van der Waals surface area (Å²) in [7, 11) is 1.81. The predicted molar refractivity (Wildman–Crippen MR) is 109 cm³/mol. The van der Waals surface area contributed by atoms with E-state index in [4.69, 9.17) is 9.13 Å². The first-order valence-electron chi connectivity index (χ1n) is 8.99. The summed E-state index contributed by atoms with van der Waals surface area (Å²) in [5.41, 5.74) is 3.56. The third-order valence-electron chi connectivity index (χ3n) is 5.61. The molecule has 4 atom stereocenters. The van der Waals surface area contributed by atoms with Crippen LogP contribution in [0.3, 0.4) is 0 Å². The Balaban J connectivity index is 2.05. The van der Waals surface area contributed by atoms with Crippen LogP contribution in [0.4, 0.5) is 0 Å². The minimum atomic E-state index is -1.25. The third kappa shape index (κ3) is 3.71. The van der Waals surface area contributed by atoms with Crippen molar-refractivity contribution in [2.24, 2.45) is 15.7 Å². The topological polar surface area (TPSA) is 44.6 Å². The van der Waals surface area contributed by atoms with Crippen molar-refractivity contribution < 1.29 is 9.29 Å². The van der Waals surface area contributed by atoms with E-state index in [1.165, 1.54) is 11.1 Å². The molecule has 3 nitrogen and oxygen atoms in total. The Kier molecular flexibility index (Phi) is 5.42. The van der Waals surface area contributed by atoms with Gasteiger partial charge in [0.2, 0.25) is 0 Å². The SMILES string of the molecule is CO[C@H]1CC[C@@]2(Cc3ccc(Br)cc3C2=N[S+]([O-])C(C)(C)C)C[C@@H]1C. The van der Waals surface area contributed by atoms with Crippen molar-refractivity contribution in [2.75, 3.05) is 7.11 Å². The summed E-state index contributed by atoms with van der Waals surface area (Å²) in [6, 6.07) is 6.44. The van der Waals surface area contributed by atoms with Gasteiger partial charge >= 0.3 is 0 Å². The maximum absolute atomic E-state index is 12.8. The molecule has 0 radical (unpaired) electrons. The second kappa shape index (κ2) is 6.99. The van der Waals surface area contributed by atoms with Gasteiger partial charge in [0.05, 0.1) is 6.10 Å². The smallest absolute Gasteiger partial charge is 0.144 e. The van der Waals surface area contributed by atoms with Crippen LogP contribution in [0, 0.1) is 11.3 Å². The molecule has 5 heteroatoms. The van der Waals surface area contributed by atoms with Crippen molar-refractivity contribution in [3.63, 3.8) is 0 Å². The van der Waals surface area contributed by atoms with E-state index in [9.17, 15) is 4.55 Å². The van der Waals surface area contributed by atoms with E-state index in [-0.39, 0.29) is 10.2 Å². The molecule has 0 bridgehead atoms. The van der Waals surface area contributed by atoms with E-state index in [1.807, 2.05) is 27.9 Å². The maximum atomic E-state index is 12.8. The summed E-state index contributed by atoms with van der Waals surface area (Å²) >= 11 is 2.34. The molecule has 0 amide bonds. The summed E-state index contributed by atoms with van der Waals surface area (Å²) in [5.74, 6) is 0.477. The lowest BCUT2D eigenvalue weighted by Crippen LogP contribution is -2.41. The third-order valence-corrected chi connectivity index (χ3v) is 7.50. The first kappa shape index (κ1) is 19.4. The van der Waals surface area contributed by atoms with Crippen molar-refractivity contribution in [1.29, 1.82) is 0 Å². The molecule has 3 rings (SSSR count). The van der Waals surface area contributed by atoms with Crippen LogP contribution in [0.25, 0.3) is 0 Å². The first-order chi connectivity index (χ1) is 11.7. The lowest BCUT2D eigenvalue weighted by molar-refractivity contribution is 0.00485. The van der Waals surface area contributed by atoms with Crippen molar-refractivity contribution in [2.45, 2.75) is 64.2 Å². The molecule has 25 heavy (non-hydrogen) atoms. The number of rotatable bonds is 2. The Bertz CT molecular complexity index is 685. The zero-order chi connectivity index (χ0) is 18.4. The molecule has 1 aromatic carbocycles. The number of ether oxygens (including phenoxy) is 1. The molecule has 2 aliphatic carbocycles. The number of benzene rings is 1. The fourth-order valence-electron chi connectivity index (χ4n) is 4.30. The minimum Gasteiger partial charge on any atom is -0.591 e. The van der Waals surface area contributed by atoms with E-state index in [1.54, 1.807) is 0 Å². The van der Waals surface area contributed by atoms with Crippen LogP contribution in [0.15, 0.2) is 27.1 Å². The first-order valence-corrected chi connectivity index (χ1v) is 10.9. The minimum absolute atomic E-state index is 0.00150. The molecule has 1 fully saturated rings. The van der Waals surface area contributed by atoms with Crippen LogP contribution in [0.2, 0.25) is 0 Å². The normalized spacial score (nSPS) is 32.2. The molecule has 1 saturated carbocycles. The second-order valence-electron chi connectivity index (χ2n) is 8.55. The molecule has 138 valence electrons. The Morgan fingerprint density at radius 2 is 2.08 bits per heavy atom. The van der Waals surface area contributed by atoms with Crippen LogP contribution >= 0.6 is 15.9 Å². The molecular formula is C20H28BrNO2S. The zero-order valence-electron chi connectivity index (χ0n) is 15.8. The van der Waals surface area contributed by atoms with Gasteiger partial charge in [0.25, 0.3) is 0 Å². The van der Waals surface area contributed by atoms with Gasteiger partial charge in [-0.2, -0.15) is 0 Å². The number of hydrogen-bond donors (Lipinski definition) is 0. The zero-order valence-corrected chi connectivity index (χ0v) is 18.2. The molecular weight excluding hydrogens is 398 g/mol. The summed E-state index contributed by atoms with van der Waals surface area (Å²) < 4.78 is 24.0. The van der Waals surface area contributed by atoms with E-state index < -0.39 is 11.4 Å². The lowest BCUT2D eigenvalue weighted by Gasteiger charge is -2.41. The molecule has 2 aliphatic rings. The number of hydrogen-bond acceptors (Lipinski definition) is 3. The summed E-state index contributed by atoms with van der Waals surface area (Å²) in [6.45, 7) is 8.23. The Labute approximate surface area is 163 Å². The summed E-state index contributed by atoms with van der Waals surface area (Å²) in [5, 5.41) is 0. The van der Waals surface area contributed by atoms with Crippen LogP contribution < -0.4 is 0 Å². The lowest BCUT2D eigenvalue weighted by atomic mass is 9.66. The van der Waals surface area contributed by atoms with Gasteiger partial charge in [-0.3, -0.25) is 0 Å². The molecule has 0 saturated heterocycles. The van der Waals surface area contributed by atoms with Gasteiger partial charge in [0.1, 0.15) is 21.8 Å².